The third-order valence-corrected chi connectivity index (χ3v) is 4.82. The van der Waals surface area contributed by atoms with Crippen molar-refractivity contribution in [2.45, 2.75) is 31.1 Å². The molecule has 0 aliphatic heterocycles. The average Bonchev–Trinajstić information content (AvgIpc) is 2.78. The molecule has 7 heteroatoms. The second kappa shape index (κ2) is 4.53. The van der Waals surface area contributed by atoms with E-state index in [0.717, 1.165) is 4.57 Å². The molecule has 1 saturated carbocycles. The fourth-order valence-electron chi connectivity index (χ4n) is 3.81. The summed E-state index contributed by atoms with van der Waals surface area (Å²) in [5.74, 6) is -6.01. The lowest BCUT2D eigenvalue weighted by molar-refractivity contribution is -0.123. The Morgan fingerprint density at radius 2 is 1.61 bits per heavy atom. The van der Waals surface area contributed by atoms with Crippen molar-refractivity contribution in [3.8, 4) is 17.4 Å². The minimum absolute atomic E-state index is 0.0160. The maximum atomic E-state index is 13.5. The SMILES string of the molecule is O=C1C[C@@H]2CC[C@H]1c1c2c(O)n(-c2cc(F)c(F)c(F)c2)c1O. The zero-order chi connectivity index (χ0) is 16.5. The van der Waals surface area contributed by atoms with Gasteiger partial charge in [-0.1, -0.05) is 0 Å². The van der Waals surface area contributed by atoms with E-state index in [9.17, 15) is 28.2 Å². The molecule has 3 aliphatic rings. The van der Waals surface area contributed by atoms with Crippen LogP contribution in [0.25, 0.3) is 5.69 Å². The Balaban J connectivity index is 1.98. The molecule has 3 aliphatic carbocycles. The maximum absolute atomic E-state index is 13.5. The summed E-state index contributed by atoms with van der Waals surface area (Å²) < 4.78 is 40.9. The van der Waals surface area contributed by atoms with Gasteiger partial charge in [0.05, 0.1) is 5.69 Å². The number of hydrogen-bond donors (Lipinski definition) is 2. The highest BCUT2D eigenvalue weighted by molar-refractivity contribution is 5.91. The first-order valence-electron chi connectivity index (χ1n) is 7.24. The molecule has 2 aromatic rings. The number of Topliss-reactive ketones (excluding diaryl/α,β-unsaturated/α-hetero) is 1. The van der Waals surface area contributed by atoms with E-state index in [-0.39, 0.29) is 29.7 Å². The van der Waals surface area contributed by atoms with E-state index in [1.165, 1.54) is 0 Å². The van der Waals surface area contributed by atoms with E-state index in [1.807, 2.05) is 0 Å². The number of benzene rings is 1. The molecule has 2 N–H and O–H groups in total. The van der Waals surface area contributed by atoms with E-state index < -0.39 is 29.2 Å². The summed E-state index contributed by atoms with van der Waals surface area (Å²) in [6, 6.07) is 1.38. The second-order valence-corrected chi connectivity index (χ2v) is 6.03. The number of aromatic hydroxyl groups is 2. The normalized spacial score (nSPS) is 22.5. The first-order valence-corrected chi connectivity index (χ1v) is 7.24. The third kappa shape index (κ3) is 1.76. The van der Waals surface area contributed by atoms with Crippen molar-refractivity contribution in [2.24, 2.45) is 0 Å². The van der Waals surface area contributed by atoms with Gasteiger partial charge in [0, 0.05) is 35.6 Å². The number of rotatable bonds is 1. The van der Waals surface area contributed by atoms with Crippen LogP contribution in [0.5, 0.6) is 11.8 Å². The Hall–Kier alpha value is -2.44. The molecule has 120 valence electrons. The molecule has 23 heavy (non-hydrogen) atoms. The quantitative estimate of drug-likeness (QED) is 0.792. The molecule has 0 unspecified atom stereocenters. The van der Waals surface area contributed by atoms with Crippen LogP contribution in [0.2, 0.25) is 0 Å². The van der Waals surface area contributed by atoms with E-state index in [1.54, 1.807) is 0 Å². The Bertz CT molecular complexity index is 836. The van der Waals surface area contributed by atoms with E-state index in [4.69, 9.17) is 0 Å². The monoisotopic (exact) mass is 323 g/mol. The van der Waals surface area contributed by atoms with Crippen LogP contribution in [0.3, 0.4) is 0 Å². The lowest BCUT2D eigenvalue weighted by atomic mass is 9.67. The van der Waals surface area contributed by atoms with Crippen molar-refractivity contribution in [1.29, 1.82) is 0 Å². The van der Waals surface area contributed by atoms with Crippen LogP contribution in [-0.2, 0) is 4.79 Å². The van der Waals surface area contributed by atoms with Gasteiger partial charge in [-0.3, -0.25) is 9.36 Å². The Morgan fingerprint density at radius 1 is 1.00 bits per heavy atom. The van der Waals surface area contributed by atoms with Crippen LogP contribution >= 0.6 is 0 Å². The molecular weight excluding hydrogens is 311 g/mol. The molecule has 4 nitrogen and oxygen atoms in total. The number of aromatic nitrogens is 1. The van der Waals surface area contributed by atoms with Crippen molar-refractivity contribution >= 4 is 5.78 Å². The zero-order valence-electron chi connectivity index (χ0n) is 11.8. The predicted molar refractivity (Wildman–Crippen MR) is 73.3 cm³/mol. The number of carbonyl (C=O) groups excluding carboxylic acids is 1. The maximum Gasteiger partial charge on any atom is 0.202 e. The van der Waals surface area contributed by atoms with Gasteiger partial charge in [-0.25, -0.2) is 13.2 Å². The minimum atomic E-state index is -1.63. The fourth-order valence-corrected chi connectivity index (χ4v) is 3.81. The predicted octanol–water partition coefficient (Wildman–Crippen LogP) is 3.24. The van der Waals surface area contributed by atoms with E-state index >= 15 is 0 Å². The smallest absolute Gasteiger partial charge is 0.202 e. The largest absolute Gasteiger partial charge is 0.494 e. The van der Waals surface area contributed by atoms with Crippen LogP contribution in [0.4, 0.5) is 13.2 Å². The standard InChI is InChI=1S/C16H12F3NO3/c17-9-4-7(5-10(18)14(9)19)20-15(22)12-6-1-2-8(11(21)3-6)13(12)16(20)23/h4-6,8,22-23H,1-3H2/t6-,8+/m0/s1. The van der Waals surface area contributed by atoms with Gasteiger partial charge >= 0.3 is 0 Å². The second-order valence-electron chi connectivity index (χ2n) is 6.03. The molecule has 2 atom stereocenters. The summed E-state index contributed by atoms with van der Waals surface area (Å²) in [5, 5.41) is 20.8. The van der Waals surface area contributed by atoms with Gasteiger partial charge in [-0.05, 0) is 18.8 Å². The molecular formula is C16H12F3NO3. The van der Waals surface area contributed by atoms with Crippen LogP contribution < -0.4 is 0 Å². The fraction of sp³-hybridized carbons (Fsp3) is 0.312. The average molecular weight is 323 g/mol. The molecule has 5 rings (SSSR count). The molecule has 2 bridgehead atoms. The van der Waals surface area contributed by atoms with Gasteiger partial charge < -0.3 is 10.2 Å². The summed E-state index contributed by atoms with van der Waals surface area (Å²) in [5.41, 5.74) is 0.529. The number of fused-ring (bicyclic) bond motifs is 2. The Labute approximate surface area is 128 Å². The van der Waals surface area contributed by atoms with Crippen LogP contribution in [-0.4, -0.2) is 20.6 Å². The minimum Gasteiger partial charge on any atom is -0.494 e. The van der Waals surface area contributed by atoms with Crippen molar-refractivity contribution < 1.29 is 28.2 Å². The Kier molecular flexibility index (Phi) is 2.79. The highest BCUT2D eigenvalue weighted by Gasteiger charge is 2.45. The number of carbonyl (C=O) groups is 1. The van der Waals surface area contributed by atoms with Crippen molar-refractivity contribution in [3.63, 3.8) is 0 Å². The van der Waals surface area contributed by atoms with Crippen LogP contribution in [0, 0.1) is 17.5 Å². The van der Waals surface area contributed by atoms with Gasteiger partial charge in [-0.15, -0.1) is 0 Å². The van der Waals surface area contributed by atoms with Gasteiger partial charge in [0.2, 0.25) is 11.8 Å². The molecule has 1 aromatic heterocycles. The Morgan fingerprint density at radius 3 is 2.22 bits per heavy atom. The van der Waals surface area contributed by atoms with E-state index in [0.29, 0.717) is 36.1 Å². The van der Waals surface area contributed by atoms with Crippen LogP contribution in [0.15, 0.2) is 12.1 Å². The summed E-state index contributed by atoms with van der Waals surface area (Å²) in [7, 11) is 0. The van der Waals surface area contributed by atoms with Gasteiger partial charge in [0.15, 0.2) is 17.5 Å². The zero-order valence-corrected chi connectivity index (χ0v) is 11.8. The summed E-state index contributed by atoms with van der Waals surface area (Å²) in [6.45, 7) is 0. The molecule has 0 saturated heterocycles. The molecule has 0 radical (unpaired) electrons. The summed E-state index contributed by atoms with van der Waals surface area (Å²) >= 11 is 0. The first kappa shape index (κ1) is 14.2. The van der Waals surface area contributed by atoms with Crippen molar-refractivity contribution in [2.75, 3.05) is 0 Å². The van der Waals surface area contributed by atoms with E-state index in [2.05, 4.69) is 0 Å². The lowest BCUT2D eigenvalue weighted by Gasteiger charge is -2.34. The number of hydrogen-bond acceptors (Lipinski definition) is 3. The summed E-state index contributed by atoms with van der Waals surface area (Å²) in [6.07, 6.45) is 1.55. The molecule has 0 spiro atoms. The molecule has 1 heterocycles. The molecule has 1 aromatic carbocycles. The summed E-state index contributed by atoms with van der Waals surface area (Å²) in [4.78, 5) is 12.0. The molecule has 0 amide bonds. The van der Waals surface area contributed by atoms with Crippen molar-refractivity contribution in [3.05, 3.63) is 40.7 Å². The van der Waals surface area contributed by atoms with Gasteiger partial charge in [-0.2, -0.15) is 0 Å². The number of ketones is 1. The highest BCUT2D eigenvalue weighted by atomic mass is 19.2. The van der Waals surface area contributed by atoms with Gasteiger partial charge in [0.25, 0.3) is 0 Å². The lowest BCUT2D eigenvalue weighted by Crippen LogP contribution is -2.28. The number of nitrogens with zero attached hydrogens (tertiary/aromatic N) is 1. The topological polar surface area (TPSA) is 62.5 Å². The first-order chi connectivity index (χ1) is 10.9. The molecule has 1 fully saturated rings. The van der Waals surface area contributed by atoms with Gasteiger partial charge in [0.1, 0.15) is 5.78 Å². The van der Waals surface area contributed by atoms with Crippen LogP contribution in [0.1, 0.15) is 42.2 Å². The van der Waals surface area contributed by atoms with Crippen molar-refractivity contribution in [1.82, 2.24) is 4.57 Å². The number of halogens is 3. The highest BCUT2D eigenvalue weighted by Crippen LogP contribution is 2.55. The third-order valence-electron chi connectivity index (χ3n) is 4.82.